The van der Waals surface area contributed by atoms with Gasteiger partial charge in [0, 0.05) is 27.5 Å². The van der Waals surface area contributed by atoms with Crippen LogP contribution >= 0.6 is 27.3 Å². The summed E-state index contributed by atoms with van der Waals surface area (Å²) in [4.78, 5) is 5.33. The Balaban J connectivity index is 2.15. The third-order valence-corrected chi connectivity index (χ3v) is 5.56. The van der Waals surface area contributed by atoms with Crippen LogP contribution in [0.3, 0.4) is 0 Å². The summed E-state index contributed by atoms with van der Waals surface area (Å²) in [6.45, 7) is 4.25. The van der Waals surface area contributed by atoms with Gasteiger partial charge in [0.1, 0.15) is 17.2 Å². The Morgan fingerprint density at radius 1 is 1.10 bits per heavy atom. The van der Waals surface area contributed by atoms with Gasteiger partial charge in [0.05, 0.1) is 45.3 Å². The van der Waals surface area contributed by atoms with Crippen molar-refractivity contribution in [1.82, 2.24) is 4.68 Å². The van der Waals surface area contributed by atoms with E-state index in [1.807, 2.05) is 29.6 Å². The molecule has 1 aromatic heterocycles. The van der Waals surface area contributed by atoms with E-state index in [-0.39, 0.29) is 0 Å². The zero-order valence-corrected chi connectivity index (χ0v) is 19.4. The fraction of sp³-hybridized carbons (Fsp3) is 0.182. The molecule has 1 heterocycles. The van der Waals surface area contributed by atoms with Crippen molar-refractivity contribution in [3.05, 3.63) is 69.3 Å². The first-order valence-electron chi connectivity index (χ1n) is 9.03. The first-order valence-corrected chi connectivity index (χ1v) is 10.7. The predicted molar refractivity (Wildman–Crippen MR) is 125 cm³/mol. The Kier molecular flexibility index (Phi) is 7.48. The number of aromatic nitrogens is 1. The average molecular weight is 488 g/mol. The monoisotopic (exact) mass is 487 g/mol. The second-order valence-electron chi connectivity index (χ2n) is 6.05. The summed E-state index contributed by atoms with van der Waals surface area (Å²) in [6.07, 6.45) is 3.46. The van der Waals surface area contributed by atoms with Crippen molar-refractivity contribution in [2.24, 2.45) is 10.1 Å². The van der Waals surface area contributed by atoms with Gasteiger partial charge in [0.2, 0.25) is 4.80 Å². The van der Waals surface area contributed by atoms with Crippen LogP contribution < -0.4 is 19.0 Å². The van der Waals surface area contributed by atoms with Crippen molar-refractivity contribution < 1.29 is 14.2 Å². The molecule has 8 heteroatoms. The quantitative estimate of drug-likeness (QED) is 0.332. The molecule has 0 spiro atoms. The highest BCUT2D eigenvalue weighted by atomic mass is 79.9. The molecule has 0 aliphatic rings. The maximum absolute atomic E-state index is 5.53. The zero-order chi connectivity index (χ0) is 21.5. The highest BCUT2D eigenvalue weighted by Crippen LogP contribution is 2.33. The van der Waals surface area contributed by atoms with E-state index in [9.17, 15) is 0 Å². The van der Waals surface area contributed by atoms with E-state index >= 15 is 0 Å². The summed E-state index contributed by atoms with van der Waals surface area (Å²) in [5.74, 6) is 1.83. The van der Waals surface area contributed by atoms with E-state index in [4.69, 9.17) is 19.3 Å². The molecule has 3 rings (SSSR count). The topological polar surface area (TPSA) is 57.3 Å². The second kappa shape index (κ2) is 10.3. The highest BCUT2D eigenvalue weighted by Gasteiger charge is 2.13. The Morgan fingerprint density at radius 2 is 1.83 bits per heavy atom. The molecule has 0 aliphatic carbocycles. The number of thiazole rings is 1. The van der Waals surface area contributed by atoms with Gasteiger partial charge < -0.3 is 14.2 Å². The zero-order valence-electron chi connectivity index (χ0n) is 17.0. The van der Waals surface area contributed by atoms with Crippen LogP contribution in [0.15, 0.2) is 69.0 Å². The molecule has 0 amide bonds. The van der Waals surface area contributed by atoms with Crippen molar-refractivity contribution in [1.29, 1.82) is 0 Å². The minimum Gasteiger partial charge on any atom is -0.496 e. The highest BCUT2D eigenvalue weighted by molar-refractivity contribution is 9.10. The maximum Gasteiger partial charge on any atom is 0.206 e. The Hall–Kier alpha value is -2.84. The smallest absolute Gasteiger partial charge is 0.206 e. The lowest BCUT2D eigenvalue weighted by Crippen LogP contribution is -2.12. The summed E-state index contributed by atoms with van der Waals surface area (Å²) < 4.78 is 19.2. The van der Waals surface area contributed by atoms with Crippen molar-refractivity contribution in [3.63, 3.8) is 0 Å². The van der Waals surface area contributed by atoms with Crippen LogP contribution in [0.25, 0.3) is 11.3 Å². The predicted octanol–water partition coefficient (Wildman–Crippen LogP) is 4.97. The summed E-state index contributed by atoms with van der Waals surface area (Å²) in [6, 6.07) is 11.6. The average Bonchev–Trinajstić information content (AvgIpc) is 3.18. The van der Waals surface area contributed by atoms with Gasteiger partial charge in [-0.1, -0.05) is 34.1 Å². The molecule has 0 unspecified atom stereocenters. The Labute approximate surface area is 187 Å². The lowest BCUT2D eigenvalue weighted by molar-refractivity contribution is 0.374. The van der Waals surface area contributed by atoms with Gasteiger partial charge in [0.25, 0.3) is 0 Å². The molecular weight excluding hydrogens is 466 g/mol. The van der Waals surface area contributed by atoms with Crippen molar-refractivity contribution >= 4 is 33.5 Å². The largest absolute Gasteiger partial charge is 0.496 e. The van der Waals surface area contributed by atoms with E-state index in [1.165, 1.54) is 11.3 Å². The normalized spacial score (nSPS) is 11.7. The molecule has 0 atom stereocenters. The van der Waals surface area contributed by atoms with Gasteiger partial charge in [-0.25, -0.2) is 4.68 Å². The standard InChI is InChI=1S/C22H22BrN3O3S/c1-5-9-24-22-26(19(14-30-22)15-7-6-8-16(23)10-15)25-13-18-20(28-3)11-17(27-2)12-21(18)29-4/h5-8,10-14H,1,9H2,2-4H3. The van der Waals surface area contributed by atoms with E-state index in [1.54, 1.807) is 50.4 Å². The van der Waals surface area contributed by atoms with Crippen molar-refractivity contribution in [3.8, 4) is 28.5 Å². The Morgan fingerprint density at radius 3 is 2.43 bits per heavy atom. The lowest BCUT2D eigenvalue weighted by atomic mass is 10.1. The van der Waals surface area contributed by atoms with Crippen molar-refractivity contribution in [2.75, 3.05) is 27.9 Å². The number of methoxy groups -OCH3 is 3. The molecular formula is C22H22BrN3O3S. The first-order chi connectivity index (χ1) is 14.6. The molecule has 0 fully saturated rings. The third kappa shape index (κ3) is 4.83. The Bertz CT molecular complexity index is 1110. The molecule has 30 heavy (non-hydrogen) atoms. The van der Waals surface area contributed by atoms with E-state index in [0.717, 1.165) is 20.5 Å². The van der Waals surface area contributed by atoms with Crippen LogP contribution in [0, 0.1) is 0 Å². The fourth-order valence-corrected chi connectivity index (χ4v) is 4.03. The molecule has 0 aliphatic heterocycles. The number of rotatable bonds is 8. The number of ether oxygens (including phenoxy) is 3. The van der Waals surface area contributed by atoms with Crippen LogP contribution in [0.4, 0.5) is 0 Å². The lowest BCUT2D eigenvalue weighted by Gasteiger charge is -2.12. The summed E-state index contributed by atoms with van der Waals surface area (Å²) in [5, 5.41) is 6.76. The van der Waals surface area contributed by atoms with Gasteiger partial charge in [-0.15, -0.1) is 17.9 Å². The second-order valence-corrected chi connectivity index (χ2v) is 7.80. The van der Waals surface area contributed by atoms with Crippen LogP contribution in [0.2, 0.25) is 0 Å². The van der Waals surface area contributed by atoms with E-state index < -0.39 is 0 Å². The SMILES string of the molecule is C=CCN=c1scc(-c2cccc(Br)c2)n1N=Cc1c(OC)cc(OC)cc1OC. The van der Waals surface area contributed by atoms with Gasteiger partial charge >= 0.3 is 0 Å². The number of hydrogen-bond acceptors (Lipinski definition) is 6. The van der Waals surface area contributed by atoms with Crippen LogP contribution in [-0.4, -0.2) is 38.8 Å². The molecule has 0 N–H and O–H groups in total. The van der Waals surface area contributed by atoms with Crippen molar-refractivity contribution in [2.45, 2.75) is 0 Å². The van der Waals surface area contributed by atoms with Gasteiger partial charge in [-0.3, -0.25) is 4.99 Å². The van der Waals surface area contributed by atoms with E-state index in [0.29, 0.717) is 29.4 Å². The number of nitrogens with zero attached hydrogens (tertiary/aromatic N) is 3. The van der Waals surface area contributed by atoms with Gasteiger partial charge in [-0.05, 0) is 12.1 Å². The molecule has 156 valence electrons. The molecule has 0 saturated heterocycles. The van der Waals surface area contributed by atoms with Gasteiger partial charge in [-0.2, -0.15) is 5.10 Å². The van der Waals surface area contributed by atoms with E-state index in [2.05, 4.69) is 27.5 Å². The number of hydrogen-bond donors (Lipinski definition) is 0. The fourth-order valence-electron chi connectivity index (χ4n) is 2.78. The molecule has 0 bridgehead atoms. The molecule has 0 saturated carbocycles. The minimum absolute atomic E-state index is 0.503. The van der Waals surface area contributed by atoms with Gasteiger partial charge in [0.15, 0.2) is 0 Å². The summed E-state index contributed by atoms with van der Waals surface area (Å²) in [5.41, 5.74) is 2.65. The molecule has 0 radical (unpaired) electrons. The third-order valence-electron chi connectivity index (χ3n) is 4.22. The number of benzene rings is 2. The first kappa shape index (κ1) is 21.9. The van der Waals surface area contributed by atoms with Crippen LogP contribution in [0.5, 0.6) is 17.2 Å². The molecule has 2 aromatic carbocycles. The summed E-state index contributed by atoms with van der Waals surface area (Å²) in [7, 11) is 4.79. The number of halogens is 1. The van der Waals surface area contributed by atoms with Crippen LogP contribution in [-0.2, 0) is 0 Å². The minimum atomic E-state index is 0.503. The molecule has 3 aromatic rings. The maximum atomic E-state index is 5.53. The summed E-state index contributed by atoms with van der Waals surface area (Å²) >= 11 is 5.05. The van der Waals surface area contributed by atoms with Crippen LogP contribution in [0.1, 0.15) is 5.56 Å². The molecule has 6 nitrogen and oxygen atoms in total.